The molecule has 0 spiro atoms. The number of carboxylic acid groups (broad SMARTS) is 2. The second kappa shape index (κ2) is 10.1. The Labute approximate surface area is 121 Å². The fourth-order valence-corrected chi connectivity index (χ4v) is 1.58. The minimum absolute atomic E-state index is 0.0419. The van der Waals surface area contributed by atoms with Gasteiger partial charge >= 0.3 is 17.9 Å². The van der Waals surface area contributed by atoms with Gasteiger partial charge in [-0.25, -0.2) is 9.59 Å². The Bertz CT molecular complexity index is 335. The maximum atomic E-state index is 11.1. The number of carbonyl (C=O) groups excluding carboxylic acids is 1. The quantitative estimate of drug-likeness (QED) is 0.379. The zero-order valence-electron chi connectivity index (χ0n) is 11.7. The third-order valence-corrected chi connectivity index (χ3v) is 2.72. The fourth-order valence-electron chi connectivity index (χ4n) is 1.58. The van der Waals surface area contributed by atoms with E-state index >= 15 is 0 Å². The van der Waals surface area contributed by atoms with Gasteiger partial charge in [-0.05, 0) is 26.3 Å². The Morgan fingerprint density at radius 1 is 1.19 bits per heavy atom. The van der Waals surface area contributed by atoms with E-state index in [-0.39, 0.29) is 11.9 Å². The third kappa shape index (κ3) is 7.59. The molecule has 1 aliphatic rings. The van der Waals surface area contributed by atoms with Gasteiger partial charge in [0.25, 0.3) is 0 Å². The molecule has 0 amide bonds. The van der Waals surface area contributed by atoms with Crippen molar-refractivity contribution in [1.29, 1.82) is 0 Å². The van der Waals surface area contributed by atoms with Crippen molar-refractivity contribution >= 4 is 17.9 Å². The molecule has 9 nitrogen and oxygen atoms in total. The highest BCUT2D eigenvalue weighted by atomic mass is 16.5. The van der Waals surface area contributed by atoms with Crippen LogP contribution in [0.1, 0.15) is 19.8 Å². The fraction of sp³-hybridized carbons (Fsp3) is 0.750. The molecule has 1 fully saturated rings. The number of nitrogens with one attached hydrogen (secondary N) is 1. The Hall–Kier alpha value is -1.71. The molecule has 0 saturated carbocycles. The van der Waals surface area contributed by atoms with Crippen LogP contribution in [0, 0.1) is 5.92 Å². The molecule has 122 valence electrons. The molecule has 0 aromatic heterocycles. The molecule has 0 bridgehead atoms. The molecule has 0 aromatic carbocycles. The summed E-state index contributed by atoms with van der Waals surface area (Å²) in [6.45, 7) is 4.16. The minimum atomic E-state index is -2.27. The van der Waals surface area contributed by atoms with Crippen LogP contribution in [0.4, 0.5) is 0 Å². The van der Waals surface area contributed by atoms with Crippen molar-refractivity contribution in [2.45, 2.75) is 32.0 Å². The largest absolute Gasteiger partial charge is 0.479 e. The predicted octanol–water partition coefficient (Wildman–Crippen LogP) is -1.57. The maximum Gasteiger partial charge on any atom is 0.335 e. The summed E-state index contributed by atoms with van der Waals surface area (Å²) in [7, 11) is 0. The number of piperidine rings is 1. The average molecular weight is 307 g/mol. The standard InChI is InChI=1S/C8H15NO2.C4H6O6/c1-2-11-8(10)7-4-3-5-9-6-7;5-1(3(7)8)2(6)4(9)10/h7,9H,2-6H2,1H3;1-2,5-6H,(H,7,8)(H,9,10)/t;1-,2-/m.1/s1. The van der Waals surface area contributed by atoms with Crippen molar-refractivity contribution in [2.24, 2.45) is 5.92 Å². The zero-order chi connectivity index (χ0) is 16.4. The molecule has 1 rings (SSSR count). The number of hydrogen-bond donors (Lipinski definition) is 5. The highest BCUT2D eigenvalue weighted by Crippen LogP contribution is 2.11. The van der Waals surface area contributed by atoms with Crippen LogP contribution in [0.25, 0.3) is 0 Å². The topological polar surface area (TPSA) is 153 Å². The van der Waals surface area contributed by atoms with Gasteiger partial charge in [-0.3, -0.25) is 4.79 Å². The predicted molar refractivity (Wildman–Crippen MR) is 69.5 cm³/mol. The van der Waals surface area contributed by atoms with E-state index in [1.54, 1.807) is 0 Å². The Morgan fingerprint density at radius 2 is 1.71 bits per heavy atom. The van der Waals surface area contributed by atoms with E-state index in [2.05, 4.69) is 5.32 Å². The summed E-state index contributed by atoms with van der Waals surface area (Å²) in [5.74, 6) is -3.48. The Balaban J connectivity index is 0.000000384. The minimum Gasteiger partial charge on any atom is -0.479 e. The van der Waals surface area contributed by atoms with Crippen molar-refractivity contribution in [2.75, 3.05) is 19.7 Å². The highest BCUT2D eigenvalue weighted by molar-refractivity contribution is 5.83. The molecular formula is C12H21NO8. The number of hydrogen-bond acceptors (Lipinski definition) is 7. The molecule has 1 saturated heterocycles. The van der Waals surface area contributed by atoms with E-state index in [4.69, 9.17) is 25.2 Å². The Kier molecular flexibility index (Phi) is 9.26. The van der Waals surface area contributed by atoms with Gasteiger partial charge in [-0.2, -0.15) is 0 Å². The summed E-state index contributed by atoms with van der Waals surface area (Å²) >= 11 is 0. The van der Waals surface area contributed by atoms with E-state index < -0.39 is 24.1 Å². The molecule has 5 N–H and O–H groups in total. The molecule has 1 aliphatic heterocycles. The number of ether oxygens (including phenoxy) is 1. The smallest absolute Gasteiger partial charge is 0.335 e. The van der Waals surface area contributed by atoms with Crippen LogP contribution < -0.4 is 5.32 Å². The number of aliphatic carboxylic acids is 2. The second-order valence-electron chi connectivity index (χ2n) is 4.36. The molecule has 3 atom stereocenters. The summed E-state index contributed by atoms with van der Waals surface area (Å²) in [6.07, 6.45) is -2.47. The Morgan fingerprint density at radius 3 is 2.05 bits per heavy atom. The lowest BCUT2D eigenvalue weighted by molar-refractivity contribution is -0.165. The number of aliphatic hydroxyl groups excluding tert-OH is 2. The van der Waals surface area contributed by atoms with Gasteiger partial charge in [-0.15, -0.1) is 0 Å². The first-order valence-corrected chi connectivity index (χ1v) is 6.50. The lowest BCUT2D eigenvalue weighted by Crippen LogP contribution is -2.39. The van der Waals surface area contributed by atoms with Crippen LogP contribution in [0.5, 0.6) is 0 Å². The summed E-state index contributed by atoms with van der Waals surface area (Å²) in [5.41, 5.74) is 0. The second-order valence-corrected chi connectivity index (χ2v) is 4.36. The summed E-state index contributed by atoms with van der Waals surface area (Å²) in [6, 6.07) is 0. The first-order chi connectivity index (χ1) is 9.81. The normalized spacial score (nSPS) is 20.4. The van der Waals surface area contributed by atoms with Crippen LogP contribution in [0.3, 0.4) is 0 Å². The van der Waals surface area contributed by atoms with Crippen LogP contribution >= 0.6 is 0 Å². The van der Waals surface area contributed by atoms with Crippen molar-refractivity contribution < 1.29 is 39.5 Å². The van der Waals surface area contributed by atoms with Crippen LogP contribution in [-0.4, -0.2) is 70.2 Å². The summed E-state index contributed by atoms with van der Waals surface area (Å²) in [4.78, 5) is 30.7. The van der Waals surface area contributed by atoms with E-state index in [1.807, 2.05) is 6.92 Å². The monoisotopic (exact) mass is 307 g/mol. The summed E-state index contributed by atoms with van der Waals surface area (Å²) < 4.78 is 4.90. The number of aliphatic hydroxyl groups is 2. The SMILES string of the molecule is CCOC(=O)C1CCCNC1.O=C(O)[C@H](O)[C@@H](O)C(=O)O. The van der Waals surface area contributed by atoms with Gasteiger partial charge in [0.05, 0.1) is 12.5 Å². The van der Waals surface area contributed by atoms with Gasteiger partial charge in [0.15, 0.2) is 12.2 Å². The van der Waals surface area contributed by atoms with Crippen LogP contribution in [0.15, 0.2) is 0 Å². The van der Waals surface area contributed by atoms with Crippen molar-refractivity contribution in [3.8, 4) is 0 Å². The van der Waals surface area contributed by atoms with E-state index in [0.29, 0.717) is 6.61 Å². The van der Waals surface area contributed by atoms with Crippen molar-refractivity contribution in [1.82, 2.24) is 5.32 Å². The first kappa shape index (κ1) is 19.3. The lowest BCUT2D eigenvalue weighted by atomic mass is 10.0. The summed E-state index contributed by atoms with van der Waals surface area (Å²) in [5, 5.41) is 35.7. The molecule has 1 unspecified atom stereocenters. The van der Waals surface area contributed by atoms with Gasteiger partial charge in [0.1, 0.15) is 0 Å². The third-order valence-electron chi connectivity index (χ3n) is 2.72. The number of carbonyl (C=O) groups is 3. The molecule has 21 heavy (non-hydrogen) atoms. The lowest BCUT2D eigenvalue weighted by Gasteiger charge is -2.20. The molecule has 9 heteroatoms. The van der Waals surface area contributed by atoms with Crippen molar-refractivity contribution in [3.05, 3.63) is 0 Å². The van der Waals surface area contributed by atoms with Crippen LogP contribution in [0.2, 0.25) is 0 Å². The van der Waals surface area contributed by atoms with Gasteiger partial charge in [0, 0.05) is 6.54 Å². The van der Waals surface area contributed by atoms with E-state index in [9.17, 15) is 14.4 Å². The average Bonchev–Trinajstić information content (AvgIpc) is 2.47. The number of carboxylic acids is 2. The van der Waals surface area contributed by atoms with Gasteiger partial charge in [-0.1, -0.05) is 0 Å². The first-order valence-electron chi connectivity index (χ1n) is 6.50. The maximum absolute atomic E-state index is 11.1. The number of esters is 1. The molecule has 0 aromatic rings. The molecule has 1 heterocycles. The number of rotatable bonds is 5. The van der Waals surface area contributed by atoms with Gasteiger partial charge < -0.3 is 30.5 Å². The zero-order valence-corrected chi connectivity index (χ0v) is 11.7. The molecular weight excluding hydrogens is 286 g/mol. The van der Waals surface area contributed by atoms with E-state index in [1.165, 1.54) is 0 Å². The van der Waals surface area contributed by atoms with Crippen molar-refractivity contribution in [3.63, 3.8) is 0 Å². The van der Waals surface area contributed by atoms with Crippen LogP contribution in [-0.2, 0) is 19.1 Å². The highest BCUT2D eigenvalue weighted by Gasteiger charge is 2.29. The van der Waals surface area contributed by atoms with E-state index in [0.717, 1.165) is 25.9 Å². The van der Waals surface area contributed by atoms with Gasteiger partial charge in [0.2, 0.25) is 0 Å². The molecule has 0 radical (unpaired) electrons. The molecule has 0 aliphatic carbocycles.